The van der Waals surface area contributed by atoms with E-state index >= 15 is 0 Å². The van der Waals surface area contributed by atoms with Crippen molar-refractivity contribution in [2.24, 2.45) is 12.8 Å². The summed E-state index contributed by atoms with van der Waals surface area (Å²) in [7, 11) is 1.89. The molecule has 3 rings (SSSR count). The van der Waals surface area contributed by atoms with Gasteiger partial charge in [0.05, 0.1) is 6.04 Å². The molecule has 0 spiro atoms. The van der Waals surface area contributed by atoms with Crippen LogP contribution < -0.4 is 11.1 Å². The zero-order chi connectivity index (χ0) is 19.4. The highest BCUT2D eigenvalue weighted by Gasteiger charge is 2.25. The number of phenolic OH excluding ortho intramolecular Hbond substituents is 1. The number of aromatic hydroxyl groups is 1. The molecule has 2 unspecified atom stereocenters. The topological polar surface area (TPSA) is 96.4 Å². The van der Waals surface area contributed by atoms with E-state index in [0.717, 1.165) is 30.8 Å². The van der Waals surface area contributed by atoms with E-state index in [9.17, 15) is 9.90 Å². The van der Waals surface area contributed by atoms with E-state index in [1.54, 1.807) is 24.4 Å². The van der Waals surface area contributed by atoms with E-state index in [4.69, 9.17) is 17.3 Å². The minimum absolute atomic E-state index is 0.0417. The number of hydrogen-bond donors (Lipinski definition) is 3. The molecule has 1 fully saturated rings. The third-order valence-electron chi connectivity index (χ3n) is 4.95. The molecule has 2 heterocycles. The second-order valence-electron chi connectivity index (χ2n) is 7.12. The number of amides is 1. The summed E-state index contributed by atoms with van der Waals surface area (Å²) in [6.07, 6.45) is 5.83. The average Bonchev–Trinajstić information content (AvgIpc) is 3.03. The normalized spacial score (nSPS) is 19.0. The fraction of sp³-hybridized carbons (Fsp3) is 0.474. The maximum absolute atomic E-state index is 12.5. The quantitative estimate of drug-likeness (QED) is 0.692. The number of benzene rings is 1. The molecule has 0 radical (unpaired) electrons. The molecule has 1 aliphatic rings. The van der Waals surface area contributed by atoms with Crippen LogP contribution in [-0.2, 0) is 24.8 Å². The molecular weight excluding hydrogens is 366 g/mol. The van der Waals surface area contributed by atoms with Crippen LogP contribution in [0.2, 0.25) is 5.02 Å². The minimum atomic E-state index is -0.626. The van der Waals surface area contributed by atoms with Crippen molar-refractivity contribution in [3.05, 3.63) is 47.0 Å². The van der Waals surface area contributed by atoms with Gasteiger partial charge in [-0.1, -0.05) is 11.6 Å². The van der Waals surface area contributed by atoms with Crippen LogP contribution >= 0.6 is 11.6 Å². The first kappa shape index (κ1) is 19.7. The molecule has 1 aliphatic heterocycles. The number of nitrogens with two attached hydrogens (primary N) is 1. The molecule has 4 N–H and O–H groups in total. The molecule has 1 saturated heterocycles. The Morgan fingerprint density at radius 3 is 3.07 bits per heavy atom. The number of carbonyl (C=O) groups is 1. The average molecular weight is 392 g/mol. The summed E-state index contributed by atoms with van der Waals surface area (Å²) in [5.41, 5.74) is 6.86. The van der Waals surface area contributed by atoms with E-state index in [1.165, 1.54) is 0 Å². The summed E-state index contributed by atoms with van der Waals surface area (Å²) in [6, 6.07) is 4.47. The number of carbonyl (C=O) groups excluding carboxylic acids is 1. The van der Waals surface area contributed by atoms with Crippen molar-refractivity contribution in [1.82, 2.24) is 19.8 Å². The molecule has 1 aromatic heterocycles. The molecule has 1 amide bonds. The Kier molecular flexibility index (Phi) is 6.36. The van der Waals surface area contributed by atoms with Gasteiger partial charge < -0.3 is 20.7 Å². The Bertz CT molecular complexity index is 794. The predicted octanol–water partition coefficient (Wildman–Crippen LogP) is 1.43. The lowest BCUT2D eigenvalue weighted by molar-refractivity contribution is -0.123. The van der Waals surface area contributed by atoms with Gasteiger partial charge in [-0.15, -0.1) is 0 Å². The van der Waals surface area contributed by atoms with Crippen LogP contribution in [0, 0.1) is 0 Å². The van der Waals surface area contributed by atoms with Crippen molar-refractivity contribution >= 4 is 17.5 Å². The SMILES string of the molecule is Cn1ccnc1CC(N)C(=O)NC1CCCN(Cc2cc(Cl)ccc2O)C1. The van der Waals surface area contributed by atoms with E-state index in [1.807, 2.05) is 17.8 Å². The Balaban J connectivity index is 1.54. The lowest BCUT2D eigenvalue weighted by Gasteiger charge is -2.33. The number of aromatic nitrogens is 2. The first-order valence-corrected chi connectivity index (χ1v) is 9.52. The van der Waals surface area contributed by atoms with Gasteiger partial charge in [0.25, 0.3) is 0 Å². The number of halogens is 1. The fourth-order valence-electron chi connectivity index (χ4n) is 3.43. The summed E-state index contributed by atoms with van der Waals surface area (Å²) >= 11 is 6.03. The van der Waals surface area contributed by atoms with Gasteiger partial charge in [-0.05, 0) is 37.6 Å². The fourth-order valence-corrected chi connectivity index (χ4v) is 3.62. The highest BCUT2D eigenvalue weighted by molar-refractivity contribution is 6.30. The molecule has 27 heavy (non-hydrogen) atoms. The van der Waals surface area contributed by atoms with Crippen molar-refractivity contribution in [3.63, 3.8) is 0 Å². The Hall–Kier alpha value is -2.09. The lowest BCUT2D eigenvalue weighted by Crippen LogP contribution is -2.52. The van der Waals surface area contributed by atoms with Crippen molar-refractivity contribution < 1.29 is 9.90 Å². The maximum atomic E-state index is 12.5. The van der Waals surface area contributed by atoms with Crippen molar-refractivity contribution in [1.29, 1.82) is 0 Å². The van der Waals surface area contributed by atoms with Crippen LogP contribution in [0.15, 0.2) is 30.6 Å². The van der Waals surface area contributed by atoms with E-state index in [0.29, 0.717) is 24.5 Å². The highest BCUT2D eigenvalue weighted by atomic mass is 35.5. The van der Waals surface area contributed by atoms with Crippen molar-refractivity contribution in [3.8, 4) is 5.75 Å². The summed E-state index contributed by atoms with van der Waals surface area (Å²) in [5.74, 6) is 0.873. The second-order valence-corrected chi connectivity index (χ2v) is 7.56. The first-order valence-electron chi connectivity index (χ1n) is 9.14. The second kappa shape index (κ2) is 8.73. The van der Waals surface area contributed by atoms with Crippen LogP contribution in [-0.4, -0.2) is 50.6 Å². The highest BCUT2D eigenvalue weighted by Crippen LogP contribution is 2.24. The van der Waals surface area contributed by atoms with Gasteiger partial charge in [0.1, 0.15) is 11.6 Å². The Labute approximate surface area is 164 Å². The smallest absolute Gasteiger partial charge is 0.237 e. The largest absolute Gasteiger partial charge is 0.508 e. The number of phenols is 1. The standard InChI is InChI=1S/C19H26ClN5O2/c1-24-8-6-22-18(24)10-16(21)19(27)23-15-3-2-7-25(12-15)11-13-9-14(20)4-5-17(13)26/h4-6,8-9,15-16,26H,2-3,7,10-12,21H2,1H3,(H,23,27). The lowest BCUT2D eigenvalue weighted by atomic mass is 10.0. The van der Waals surface area contributed by atoms with Gasteiger partial charge in [0.2, 0.25) is 5.91 Å². The number of hydrogen-bond acceptors (Lipinski definition) is 5. The molecule has 146 valence electrons. The van der Waals surface area contributed by atoms with Crippen LogP contribution in [0.4, 0.5) is 0 Å². The number of likely N-dealkylation sites (tertiary alicyclic amines) is 1. The van der Waals surface area contributed by atoms with Crippen LogP contribution in [0.5, 0.6) is 5.75 Å². The number of rotatable bonds is 6. The molecule has 8 heteroatoms. The van der Waals surface area contributed by atoms with E-state index in [2.05, 4.69) is 15.2 Å². The maximum Gasteiger partial charge on any atom is 0.237 e. The van der Waals surface area contributed by atoms with E-state index in [-0.39, 0.29) is 17.7 Å². The molecule has 1 aromatic carbocycles. The third-order valence-corrected chi connectivity index (χ3v) is 5.18. The van der Waals surface area contributed by atoms with Gasteiger partial charge in [-0.2, -0.15) is 0 Å². The van der Waals surface area contributed by atoms with Gasteiger partial charge in [0.15, 0.2) is 0 Å². The van der Waals surface area contributed by atoms with Crippen LogP contribution in [0.25, 0.3) is 0 Å². The monoisotopic (exact) mass is 391 g/mol. The first-order chi connectivity index (χ1) is 12.9. The molecule has 0 aliphatic carbocycles. The summed E-state index contributed by atoms with van der Waals surface area (Å²) in [6.45, 7) is 2.22. The van der Waals surface area contributed by atoms with Crippen molar-refractivity contribution in [2.75, 3.05) is 13.1 Å². The number of nitrogens with one attached hydrogen (secondary N) is 1. The van der Waals surface area contributed by atoms with Gasteiger partial charge in [-0.3, -0.25) is 9.69 Å². The molecule has 2 aromatic rings. The minimum Gasteiger partial charge on any atom is -0.508 e. The predicted molar refractivity (Wildman–Crippen MR) is 104 cm³/mol. The molecule has 0 bridgehead atoms. The van der Waals surface area contributed by atoms with E-state index < -0.39 is 6.04 Å². The van der Waals surface area contributed by atoms with Crippen LogP contribution in [0.1, 0.15) is 24.2 Å². The van der Waals surface area contributed by atoms with Crippen LogP contribution in [0.3, 0.4) is 0 Å². The summed E-state index contributed by atoms with van der Waals surface area (Å²) in [4.78, 5) is 18.9. The Morgan fingerprint density at radius 1 is 1.52 bits per heavy atom. The van der Waals surface area contributed by atoms with Crippen molar-refractivity contribution in [2.45, 2.75) is 37.9 Å². The number of piperidine rings is 1. The van der Waals surface area contributed by atoms with Gasteiger partial charge in [0, 0.05) is 55.6 Å². The molecular formula is C19H26ClN5O2. The summed E-state index contributed by atoms with van der Waals surface area (Å²) < 4.78 is 1.87. The molecule has 2 atom stereocenters. The van der Waals surface area contributed by atoms with Gasteiger partial charge >= 0.3 is 0 Å². The number of nitrogens with zero attached hydrogens (tertiary/aromatic N) is 3. The van der Waals surface area contributed by atoms with Gasteiger partial charge in [-0.25, -0.2) is 4.98 Å². The summed E-state index contributed by atoms with van der Waals surface area (Å²) in [5, 5.41) is 13.7. The number of aryl methyl sites for hydroxylation is 1. The number of imidazole rings is 1. The molecule has 7 nitrogen and oxygen atoms in total. The third kappa shape index (κ3) is 5.22. The zero-order valence-corrected chi connectivity index (χ0v) is 16.2. The molecule has 0 saturated carbocycles. The Morgan fingerprint density at radius 2 is 2.33 bits per heavy atom. The zero-order valence-electron chi connectivity index (χ0n) is 15.4.